The SMILES string of the molecule is C=CCOCC(NC(=O)CC1CCCCO1)C(=O)O. The molecule has 2 atom stereocenters. The van der Waals surface area contributed by atoms with E-state index in [2.05, 4.69) is 11.9 Å². The monoisotopic (exact) mass is 271 g/mol. The molecule has 1 heterocycles. The Bertz CT molecular complexity index is 312. The van der Waals surface area contributed by atoms with E-state index in [-0.39, 0.29) is 31.6 Å². The van der Waals surface area contributed by atoms with Gasteiger partial charge in [-0.15, -0.1) is 6.58 Å². The molecule has 1 saturated heterocycles. The predicted molar refractivity (Wildman–Crippen MR) is 68.8 cm³/mol. The molecule has 0 saturated carbocycles. The smallest absolute Gasteiger partial charge is 0.328 e. The number of nitrogens with one attached hydrogen (secondary N) is 1. The first-order valence-electron chi connectivity index (χ1n) is 6.46. The van der Waals surface area contributed by atoms with Gasteiger partial charge in [-0.1, -0.05) is 6.08 Å². The standard InChI is InChI=1S/C13H21NO5/c1-2-6-18-9-11(13(16)17)14-12(15)8-10-5-3-4-7-19-10/h2,10-11H,1,3-9H2,(H,14,15)(H,16,17). The molecule has 1 amide bonds. The molecule has 0 aromatic carbocycles. The van der Waals surface area contributed by atoms with Gasteiger partial charge in [0, 0.05) is 6.61 Å². The van der Waals surface area contributed by atoms with Crippen LogP contribution < -0.4 is 5.32 Å². The van der Waals surface area contributed by atoms with E-state index in [0.717, 1.165) is 19.3 Å². The van der Waals surface area contributed by atoms with Crippen LogP contribution in [-0.2, 0) is 19.1 Å². The highest BCUT2D eigenvalue weighted by Crippen LogP contribution is 2.15. The molecule has 0 aliphatic carbocycles. The molecule has 0 radical (unpaired) electrons. The van der Waals surface area contributed by atoms with Gasteiger partial charge in [-0.05, 0) is 19.3 Å². The molecule has 2 N–H and O–H groups in total. The first-order valence-corrected chi connectivity index (χ1v) is 6.46. The van der Waals surface area contributed by atoms with E-state index in [0.29, 0.717) is 6.61 Å². The zero-order valence-electron chi connectivity index (χ0n) is 11.0. The summed E-state index contributed by atoms with van der Waals surface area (Å²) in [6, 6.07) is -1.03. The van der Waals surface area contributed by atoms with Crippen molar-refractivity contribution < 1.29 is 24.2 Å². The van der Waals surface area contributed by atoms with Crippen LogP contribution in [0.15, 0.2) is 12.7 Å². The molecular weight excluding hydrogens is 250 g/mol. The Morgan fingerprint density at radius 3 is 2.89 bits per heavy atom. The molecule has 1 rings (SSSR count). The van der Waals surface area contributed by atoms with Crippen molar-refractivity contribution in [2.75, 3.05) is 19.8 Å². The number of carbonyl (C=O) groups excluding carboxylic acids is 1. The first-order chi connectivity index (χ1) is 9.13. The minimum absolute atomic E-state index is 0.0708. The Kier molecular flexibility index (Phi) is 7.14. The minimum Gasteiger partial charge on any atom is -0.480 e. The number of carboxylic acid groups (broad SMARTS) is 1. The third-order valence-electron chi connectivity index (χ3n) is 2.84. The van der Waals surface area contributed by atoms with E-state index in [1.54, 1.807) is 0 Å². The van der Waals surface area contributed by atoms with Crippen LogP contribution in [0.2, 0.25) is 0 Å². The number of amides is 1. The number of hydrogen-bond acceptors (Lipinski definition) is 4. The Labute approximate surface area is 112 Å². The number of carbonyl (C=O) groups is 2. The largest absolute Gasteiger partial charge is 0.480 e. The lowest BCUT2D eigenvalue weighted by Gasteiger charge is -2.23. The zero-order valence-corrected chi connectivity index (χ0v) is 11.0. The summed E-state index contributed by atoms with van der Waals surface area (Å²) in [5, 5.41) is 11.4. The van der Waals surface area contributed by atoms with Gasteiger partial charge >= 0.3 is 5.97 Å². The van der Waals surface area contributed by atoms with Crippen LogP contribution in [-0.4, -0.2) is 48.9 Å². The van der Waals surface area contributed by atoms with Gasteiger partial charge < -0.3 is 19.9 Å². The molecule has 1 aliphatic rings. The topological polar surface area (TPSA) is 84.9 Å². The van der Waals surface area contributed by atoms with Gasteiger partial charge in [0.15, 0.2) is 6.04 Å². The van der Waals surface area contributed by atoms with Crippen molar-refractivity contribution in [2.24, 2.45) is 0 Å². The van der Waals surface area contributed by atoms with Gasteiger partial charge in [0.25, 0.3) is 0 Å². The fourth-order valence-corrected chi connectivity index (χ4v) is 1.87. The third kappa shape index (κ3) is 6.35. The van der Waals surface area contributed by atoms with Crippen LogP contribution in [0.4, 0.5) is 0 Å². The van der Waals surface area contributed by atoms with Crippen LogP contribution >= 0.6 is 0 Å². The fraction of sp³-hybridized carbons (Fsp3) is 0.692. The lowest BCUT2D eigenvalue weighted by molar-refractivity contribution is -0.144. The van der Waals surface area contributed by atoms with E-state index < -0.39 is 12.0 Å². The van der Waals surface area contributed by atoms with Crippen LogP contribution in [0.1, 0.15) is 25.7 Å². The van der Waals surface area contributed by atoms with Crippen molar-refractivity contribution in [1.29, 1.82) is 0 Å². The summed E-state index contributed by atoms with van der Waals surface area (Å²) in [5.74, 6) is -1.43. The number of carboxylic acids is 1. The number of hydrogen-bond donors (Lipinski definition) is 2. The summed E-state index contributed by atoms with van der Waals surface area (Å²) in [4.78, 5) is 22.7. The maximum absolute atomic E-state index is 11.7. The molecule has 0 aromatic rings. The highest BCUT2D eigenvalue weighted by Gasteiger charge is 2.23. The molecule has 0 bridgehead atoms. The predicted octanol–water partition coefficient (Wildman–Crippen LogP) is 0.718. The van der Waals surface area contributed by atoms with Gasteiger partial charge in [0.2, 0.25) is 5.91 Å². The van der Waals surface area contributed by atoms with Gasteiger partial charge in [-0.25, -0.2) is 4.79 Å². The normalized spacial score (nSPS) is 20.5. The molecule has 0 aromatic heterocycles. The lowest BCUT2D eigenvalue weighted by atomic mass is 10.1. The average molecular weight is 271 g/mol. The van der Waals surface area contributed by atoms with Crippen LogP contribution in [0, 0.1) is 0 Å². The Morgan fingerprint density at radius 1 is 1.53 bits per heavy atom. The number of rotatable bonds is 8. The average Bonchev–Trinajstić information content (AvgIpc) is 2.38. The lowest BCUT2D eigenvalue weighted by Crippen LogP contribution is -2.45. The van der Waals surface area contributed by atoms with Gasteiger partial charge in [0.1, 0.15) is 0 Å². The van der Waals surface area contributed by atoms with Crippen LogP contribution in [0.5, 0.6) is 0 Å². The Morgan fingerprint density at radius 2 is 2.32 bits per heavy atom. The van der Waals surface area contributed by atoms with Crippen molar-refractivity contribution in [3.05, 3.63) is 12.7 Å². The summed E-state index contributed by atoms with van der Waals surface area (Å²) in [7, 11) is 0. The van der Waals surface area contributed by atoms with E-state index in [4.69, 9.17) is 14.6 Å². The number of ether oxygens (including phenoxy) is 2. The Balaban J connectivity index is 2.33. The third-order valence-corrected chi connectivity index (χ3v) is 2.84. The minimum atomic E-state index is -1.11. The van der Waals surface area contributed by atoms with Gasteiger partial charge in [0.05, 0.1) is 25.7 Å². The summed E-state index contributed by atoms with van der Waals surface area (Å²) in [5.41, 5.74) is 0. The van der Waals surface area contributed by atoms with Crippen molar-refractivity contribution in [3.8, 4) is 0 Å². The summed E-state index contributed by atoms with van der Waals surface area (Å²) in [6.45, 7) is 4.32. The maximum atomic E-state index is 11.7. The fourth-order valence-electron chi connectivity index (χ4n) is 1.87. The second kappa shape index (κ2) is 8.66. The molecule has 0 spiro atoms. The quantitative estimate of drug-likeness (QED) is 0.502. The molecule has 1 aliphatic heterocycles. The van der Waals surface area contributed by atoms with Gasteiger partial charge in [-0.2, -0.15) is 0 Å². The van der Waals surface area contributed by atoms with E-state index in [9.17, 15) is 9.59 Å². The highest BCUT2D eigenvalue weighted by molar-refractivity contribution is 5.83. The van der Waals surface area contributed by atoms with E-state index in [1.165, 1.54) is 6.08 Å². The second-order valence-electron chi connectivity index (χ2n) is 4.48. The molecule has 19 heavy (non-hydrogen) atoms. The first kappa shape index (κ1) is 15.7. The van der Waals surface area contributed by atoms with Crippen molar-refractivity contribution in [1.82, 2.24) is 5.32 Å². The van der Waals surface area contributed by atoms with Gasteiger partial charge in [-0.3, -0.25) is 4.79 Å². The highest BCUT2D eigenvalue weighted by atomic mass is 16.5. The van der Waals surface area contributed by atoms with Crippen LogP contribution in [0.3, 0.4) is 0 Å². The van der Waals surface area contributed by atoms with E-state index in [1.807, 2.05) is 0 Å². The summed E-state index contributed by atoms with van der Waals surface area (Å²) in [6.07, 6.45) is 4.53. The van der Waals surface area contributed by atoms with Crippen molar-refractivity contribution in [3.63, 3.8) is 0 Å². The zero-order chi connectivity index (χ0) is 14.1. The molecule has 1 fully saturated rings. The van der Waals surface area contributed by atoms with Crippen molar-refractivity contribution >= 4 is 11.9 Å². The molecule has 6 nitrogen and oxygen atoms in total. The second-order valence-corrected chi connectivity index (χ2v) is 4.48. The Hall–Kier alpha value is -1.40. The van der Waals surface area contributed by atoms with Crippen molar-refractivity contribution in [2.45, 2.75) is 37.8 Å². The van der Waals surface area contributed by atoms with Crippen LogP contribution in [0.25, 0.3) is 0 Å². The summed E-state index contributed by atoms with van der Waals surface area (Å²) < 4.78 is 10.5. The molecule has 6 heteroatoms. The number of aliphatic carboxylic acids is 1. The molecule has 2 unspecified atom stereocenters. The summed E-state index contributed by atoms with van der Waals surface area (Å²) >= 11 is 0. The molecule has 108 valence electrons. The molecular formula is C13H21NO5. The maximum Gasteiger partial charge on any atom is 0.328 e. The van der Waals surface area contributed by atoms with E-state index >= 15 is 0 Å².